The van der Waals surface area contributed by atoms with Crippen LogP contribution in [0.1, 0.15) is 97.1 Å². The van der Waals surface area contributed by atoms with Crippen LogP contribution in [0.3, 0.4) is 0 Å². The van der Waals surface area contributed by atoms with Crippen LogP contribution in [0.25, 0.3) is 10.8 Å². The minimum absolute atomic E-state index is 0.0409. The Kier molecular flexibility index (Phi) is 10.3. The van der Waals surface area contributed by atoms with E-state index in [4.69, 9.17) is 0 Å². The van der Waals surface area contributed by atoms with Crippen molar-refractivity contribution in [3.8, 4) is 0 Å². The summed E-state index contributed by atoms with van der Waals surface area (Å²) < 4.78 is 1.67. The van der Waals surface area contributed by atoms with Crippen molar-refractivity contribution in [1.29, 1.82) is 0 Å². The molecule has 0 spiro atoms. The Bertz CT molecular complexity index is 1090. The molecule has 0 bridgehead atoms. The van der Waals surface area contributed by atoms with Gasteiger partial charge < -0.3 is 14.8 Å². The number of rotatable bonds is 10. The van der Waals surface area contributed by atoms with E-state index in [0.717, 1.165) is 49.6 Å². The summed E-state index contributed by atoms with van der Waals surface area (Å²) in [6, 6.07) is 8.17. The van der Waals surface area contributed by atoms with E-state index < -0.39 is 6.04 Å². The number of fused-ring (bicyclic) bond motifs is 1. The molecule has 1 aromatic heterocycles. The molecule has 2 heterocycles. The van der Waals surface area contributed by atoms with E-state index in [9.17, 15) is 14.4 Å². The molecule has 3 atom stereocenters. The van der Waals surface area contributed by atoms with Crippen LogP contribution in [0.2, 0.25) is 0 Å². The van der Waals surface area contributed by atoms with Crippen molar-refractivity contribution < 1.29 is 9.59 Å². The smallest absolute Gasteiger partial charge is 0.259 e. The van der Waals surface area contributed by atoms with Gasteiger partial charge in [0.05, 0.1) is 12.6 Å². The lowest BCUT2D eigenvalue weighted by atomic mass is 9.88. The molecular weight excluding hydrogens is 450 g/mol. The van der Waals surface area contributed by atoms with Crippen molar-refractivity contribution in [1.82, 2.24) is 14.8 Å². The van der Waals surface area contributed by atoms with Crippen LogP contribution < -0.4 is 10.9 Å². The van der Waals surface area contributed by atoms with Gasteiger partial charge in [-0.15, -0.1) is 0 Å². The number of amides is 1. The maximum atomic E-state index is 13.6. The van der Waals surface area contributed by atoms with E-state index in [-0.39, 0.29) is 29.1 Å². The van der Waals surface area contributed by atoms with E-state index in [1.54, 1.807) is 17.7 Å². The molecule has 1 aliphatic heterocycles. The minimum Gasteiger partial charge on any atom is -0.341 e. The van der Waals surface area contributed by atoms with Crippen molar-refractivity contribution in [2.75, 3.05) is 19.6 Å². The first-order valence-electron chi connectivity index (χ1n) is 14.1. The van der Waals surface area contributed by atoms with Crippen LogP contribution in [-0.2, 0) is 9.59 Å². The minimum atomic E-state index is -0.424. The third kappa shape index (κ3) is 6.64. The van der Waals surface area contributed by atoms with Gasteiger partial charge in [0.1, 0.15) is 0 Å². The Hall–Kier alpha value is -2.47. The number of benzene rings is 1. The SMILES string of the molecule is CC.CCCC(CC)C(C(C)=O)n1ccc2ccc(C3CCCN(C(=O)CNC4CC4)C3)cc2c1=O. The Labute approximate surface area is 216 Å². The maximum Gasteiger partial charge on any atom is 0.259 e. The van der Waals surface area contributed by atoms with Crippen LogP contribution >= 0.6 is 0 Å². The zero-order valence-corrected chi connectivity index (χ0v) is 22.9. The molecule has 36 heavy (non-hydrogen) atoms. The molecule has 1 amide bonds. The van der Waals surface area contributed by atoms with Crippen molar-refractivity contribution in [2.24, 2.45) is 5.92 Å². The number of hydrogen-bond donors (Lipinski definition) is 1. The van der Waals surface area contributed by atoms with Crippen molar-refractivity contribution in [3.63, 3.8) is 0 Å². The molecule has 2 fully saturated rings. The van der Waals surface area contributed by atoms with Gasteiger partial charge in [-0.2, -0.15) is 0 Å². The summed E-state index contributed by atoms with van der Waals surface area (Å²) in [4.78, 5) is 40.9. The Morgan fingerprint density at radius 3 is 2.50 bits per heavy atom. The monoisotopic (exact) mass is 495 g/mol. The highest BCUT2D eigenvalue weighted by molar-refractivity contribution is 5.84. The van der Waals surface area contributed by atoms with Crippen molar-refractivity contribution in [2.45, 2.75) is 97.6 Å². The fraction of sp³-hybridized carbons (Fsp3) is 0.633. The molecule has 198 valence electrons. The Morgan fingerprint density at radius 1 is 1.11 bits per heavy atom. The highest BCUT2D eigenvalue weighted by atomic mass is 16.2. The summed E-state index contributed by atoms with van der Waals surface area (Å²) in [6.07, 6.45) is 8.90. The van der Waals surface area contributed by atoms with E-state index in [1.165, 1.54) is 12.8 Å². The summed E-state index contributed by atoms with van der Waals surface area (Å²) in [7, 11) is 0. The zero-order valence-electron chi connectivity index (χ0n) is 22.9. The Balaban J connectivity index is 0.00000176. The first-order valence-corrected chi connectivity index (χ1v) is 14.1. The number of Topliss-reactive ketones (excluding diaryl/α,β-unsaturated/α-hetero) is 1. The van der Waals surface area contributed by atoms with E-state index in [2.05, 4.69) is 25.2 Å². The van der Waals surface area contributed by atoms with Gasteiger partial charge >= 0.3 is 0 Å². The van der Waals surface area contributed by atoms with Crippen molar-refractivity contribution >= 4 is 22.5 Å². The largest absolute Gasteiger partial charge is 0.341 e. The highest BCUT2D eigenvalue weighted by Crippen LogP contribution is 2.30. The molecule has 1 N–H and O–H groups in total. The van der Waals surface area contributed by atoms with Crippen LogP contribution in [-0.4, -0.2) is 46.8 Å². The highest BCUT2D eigenvalue weighted by Gasteiger charge is 2.29. The predicted molar refractivity (Wildman–Crippen MR) is 148 cm³/mol. The number of hydrogen-bond acceptors (Lipinski definition) is 4. The number of nitrogens with zero attached hydrogens (tertiary/aromatic N) is 2. The van der Waals surface area contributed by atoms with Crippen molar-refractivity contribution in [3.05, 3.63) is 46.4 Å². The van der Waals surface area contributed by atoms with Gasteiger partial charge in [-0.1, -0.05) is 52.7 Å². The van der Waals surface area contributed by atoms with Gasteiger partial charge in [0, 0.05) is 36.6 Å². The second kappa shape index (κ2) is 13.2. The lowest BCUT2D eigenvalue weighted by Gasteiger charge is -2.33. The van der Waals surface area contributed by atoms with Crippen LogP contribution in [0, 0.1) is 5.92 Å². The normalized spacial score (nSPS) is 19.4. The fourth-order valence-electron chi connectivity index (χ4n) is 5.56. The molecule has 3 unspecified atom stereocenters. The molecule has 2 aromatic rings. The van der Waals surface area contributed by atoms with Gasteiger partial charge in [-0.25, -0.2) is 0 Å². The molecule has 4 rings (SSSR count). The van der Waals surface area contributed by atoms with Gasteiger partial charge in [0.2, 0.25) is 5.91 Å². The standard InChI is InChI=1S/C28H39N3O3.C2H6/c1-4-7-20(5-2)27(19(3)32)31-15-13-21-9-10-22(16-25(21)28(31)34)23-8-6-14-30(18-23)26(33)17-29-24-11-12-24;1-2/h9-10,13,15-16,20,23-24,27,29H,4-8,11-12,14,17-18H2,1-3H3;1-2H3. The molecular formula is C30H45N3O3. The molecule has 1 aliphatic carbocycles. The second-order valence-corrected chi connectivity index (χ2v) is 10.2. The number of likely N-dealkylation sites (tertiary alicyclic amines) is 1. The van der Waals surface area contributed by atoms with Crippen LogP contribution in [0.4, 0.5) is 0 Å². The average Bonchev–Trinajstić information content (AvgIpc) is 3.74. The zero-order chi connectivity index (χ0) is 26.2. The summed E-state index contributed by atoms with van der Waals surface area (Å²) in [5.41, 5.74) is 1.02. The first kappa shape index (κ1) is 28.1. The second-order valence-electron chi connectivity index (χ2n) is 10.2. The number of ketones is 1. The number of pyridine rings is 1. The first-order chi connectivity index (χ1) is 17.4. The summed E-state index contributed by atoms with van der Waals surface area (Å²) in [5.74, 6) is 0.593. The maximum absolute atomic E-state index is 13.6. The number of aromatic nitrogens is 1. The quantitative estimate of drug-likeness (QED) is 0.476. The molecule has 0 radical (unpaired) electrons. The number of piperidine rings is 1. The molecule has 6 nitrogen and oxygen atoms in total. The van der Waals surface area contributed by atoms with Crippen LogP contribution in [0.5, 0.6) is 0 Å². The third-order valence-electron chi connectivity index (χ3n) is 7.67. The van der Waals surface area contributed by atoms with E-state index in [1.807, 2.05) is 36.9 Å². The fourth-order valence-corrected chi connectivity index (χ4v) is 5.56. The molecule has 1 saturated carbocycles. The molecule has 1 saturated heterocycles. The van der Waals surface area contributed by atoms with E-state index in [0.29, 0.717) is 24.5 Å². The molecule has 6 heteroatoms. The number of nitrogens with one attached hydrogen (secondary N) is 1. The summed E-state index contributed by atoms with van der Waals surface area (Å²) in [6.45, 7) is 11.7. The predicted octanol–water partition coefficient (Wildman–Crippen LogP) is 5.44. The average molecular weight is 496 g/mol. The topological polar surface area (TPSA) is 71.4 Å². The summed E-state index contributed by atoms with van der Waals surface area (Å²) in [5, 5.41) is 4.89. The third-order valence-corrected chi connectivity index (χ3v) is 7.67. The van der Waals surface area contributed by atoms with E-state index >= 15 is 0 Å². The Morgan fingerprint density at radius 2 is 1.86 bits per heavy atom. The van der Waals surface area contributed by atoms with Gasteiger partial charge in [-0.05, 0) is 68.0 Å². The van der Waals surface area contributed by atoms with Gasteiger partial charge in [-0.3, -0.25) is 14.4 Å². The van der Waals surface area contributed by atoms with Gasteiger partial charge in [0.15, 0.2) is 5.78 Å². The number of carbonyl (C=O) groups excluding carboxylic acids is 2. The molecule has 2 aliphatic rings. The van der Waals surface area contributed by atoms with Gasteiger partial charge in [0.25, 0.3) is 5.56 Å². The molecule has 1 aromatic carbocycles. The number of carbonyl (C=O) groups is 2. The lowest BCUT2D eigenvalue weighted by Crippen LogP contribution is -2.43. The van der Waals surface area contributed by atoms with Crippen LogP contribution in [0.15, 0.2) is 35.3 Å². The summed E-state index contributed by atoms with van der Waals surface area (Å²) >= 11 is 0. The lowest BCUT2D eigenvalue weighted by molar-refractivity contribution is -0.131.